The van der Waals surface area contributed by atoms with E-state index in [4.69, 9.17) is 5.11 Å². The number of thiophene rings is 1. The van der Waals surface area contributed by atoms with E-state index in [9.17, 15) is 4.79 Å². The van der Waals surface area contributed by atoms with E-state index in [2.05, 4.69) is 36.2 Å². The van der Waals surface area contributed by atoms with E-state index in [1.165, 1.54) is 15.6 Å². The van der Waals surface area contributed by atoms with Crippen LogP contribution >= 0.6 is 11.3 Å². The number of rotatable bonds is 2. The van der Waals surface area contributed by atoms with E-state index >= 15 is 0 Å². The van der Waals surface area contributed by atoms with Crippen molar-refractivity contribution in [3.63, 3.8) is 0 Å². The van der Waals surface area contributed by atoms with Crippen LogP contribution in [0.3, 0.4) is 0 Å². The number of aromatic amines is 1. The van der Waals surface area contributed by atoms with Gasteiger partial charge in [0.05, 0.1) is 10.6 Å². The quantitative estimate of drug-likeness (QED) is 0.731. The number of aryl methyl sites for hydroxylation is 1. The molecule has 0 aliphatic carbocycles. The molecule has 90 valence electrons. The molecule has 0 saturated carbocycles. The van der Waals surface area contributed by atoms with Crippen LogP contribution in [0.5, 0.6) is 0 Å². The number of H-pyrrole nitrogens is 1. The predicted molar refractivity (Wildman–Crippen MR) is 73.3 cm³/mol. The standard InChI is InChI=1S/C14H11NO2S/c1-8-2-5-12-9(6-8)7-13(18-12)10-3-4-11(15-10)14(16)17/h2-7,15H,1H3,(H,16,17). The molecular formula is C14H11NO2S. The summed E-state index contributed by atoms with van der Waals surface area (Å²) in [5.74, 6) is -0.932. The summed E-state index contributed by atoms with van der Waals surface area (Å²) >= 11 is 1.66. The molecule has 0 fully saturated rings. The molecule has 2 heterocycles. The lowest BCUT2D eigenvalue weighted by molar-refractivity contribution is 0.0691. The first-order valence-electron chi connectivity index (χ1n) is 5.56. The summed E-state index contributed by atoms with van der Waals surface area (Å²) in [6, 6.07) is 11.8. The Hall–Kier alpha value is -2.07. The van der Waals surface area contributed by atoms with Crippen LogP contribution in [0, 0.1) is 6.92 Å². The van der Waals surface area contributed by atoms with Crippen LogP contribution in [-0.2, 0) is 0 Å². The summed E-state index contributed by atoms with van der Waals surface area (Å²) in [5, 5.41) is 10.1. The average Bonchev–Trinajstić information content (AvgIpc) is 2.93. The van der Waals surface area contributed by atoms with Gasteiger partial charge < -0.3 is 10.1 Å². The SMILES string of the molecule is Cc1ccc2sc(-c3ccc(C(=O)O)[nH]3)cc2c1. The Morgan fingerprint density at radius 1 is 1.22 bits per heavy atom. The third-order valence-electron chi connectivity index (χ3n) is 2.85. The summed E-state index contributed by atoms with van der Waals surface area (Å²) in [7, 11) is 0. The van der Waals surface area contributed by atoms with Gasteiger partial charge in [0.2, 0.25) is 0 Å². The number of carbonyl (C=O) groups is 1. The molecule has 0 aliphatic heterocycles. The van der Waals surface area contributed by atoms with E-state index in [0.717, 1.165) is 10.6 Å². The normalized spacial score (nSPS) is 10.9. The molecule has 4 heteroatoms. The van der Waals surface area contributed by atoms with Gasteiger partial charge in [0.15, 0.2) is 0 Å². The maximum atomic E-state index is 10.8. The predicted octanol–water partition coefficient (Wildman–Crippen LogP) is 3.90. The van der Waals surface area contributed by atoms with Gasteiger partial charge in [0, 0.05) is 4.70 Å². The van der Waals surface area contributed by atoms with Crippen molar-refractivity contribution in [3.05, 3.63) is 47.7 Å². The van der Waals surface area contributed by atoms with Gasteiger partial charge in [-0.05, 0) is 36.6 Å². The Bertz CT molecular complexity index is 739. The fourth-order valence-corrected chi connectivity index (χ4v) is 2.98. The molecular weight excluding hydrogens is 246 g/mol. The second kappa shape index (κ2) is 3.99. The van der Waals surface area contributed by atoms with Gasteiger partial charge in [-0.2, -0.15) is 0 Å². The number of carboxylic acids is 1. The minimum absolute atomic E-state index is 0.221. The van der Waals surface area contributed by atoms with Gasteiger partial charge in [0.25, 0.3) is 0 Å². The van der Waals surface area contributed by atoms with Crippen molar-refractivity contribution in [1.29, 1.82) is 0 Å². The van der Waals surface area contributed by atoms with Crippen LogP contribution in [0.2, 0.25) is 0 Å². The molecule has 2 aromatic heterocycles. The first kappa shape index (κ1) is 11.0. The first-order chi connectivity index (χ1) is 8.63. The molecule has 3 nitrogen and oxygen atoms in total. The molecule has 0 spiro atoms. The zero-order chi connectivity index (χ0) is 12.7. The molecule has 2 N–H and O–H groups in total. The summed E-state index contributed by atoms with van der Waals surface area (Å²) < 4.78 is 1.21. The van der Waals surface area contributed by atoms with E-state index in [1.807, 2.05) is 0 Å². The smallest absolute Gasteiger partial charge is 0.352 e. The van der Waals surface area contributed by atoms with E-state index in [0.29, 0.717) is 0 Å². The van der Waals surface area contributed by atoms with Crippen LogP contribution in [0.25, 0.3) is 20.7 Å². The lowest BCUT2D eigenvalue weighted by Crippen LogP contribution is -1.95. The van der Waals surface area contributed by atoms with Gasteiger partial charge in [-0.1, -0.05) is 17.7 Å². The highest BCUT2D eigenvalue weighted by Crippen LogP contribution is 2.33. The molecule has 0 bridgehead atoms. The second-order valence-electron chi connectivity index (χ2n) is 4.24. The maximum Gasteiger partial charge on any atom is 0.352 e. The van der Waals surface area contributed by atoms with Crippen molar-refractivity contribution in [2.75, 3.05) is 0 Å². The number of benzene rings is 1. The Morgan fingerprint density at radius 2 is 2.06 bits per heavy atom. The number of fused-ring (bicyclic) bond motifs is 1. The minimum atomic E-state index is -0.932. The van der Waals surface area contributed by atoms with Crippen molar-refractivity contribution in [2.24, 2.45) is 0 Å². The Labute approximate surface area is 108 Å². The van der Waals surface area contributed by atoms with Gasteiger partial charge in [-0.15, -0.1) is 11.3 Å². The van der Waals surface area contributed by atoms with Crippen LogP contribution in [0.4, 0.5) is 0 Å². The Morgan fingerprint density at radius 3 is 2.78 bits per heavy atom. The fraction of sp³-hybridized carbons (Fsp3) is 0.0714. The molecule has 0 atom stereocenters. The van der Waals surface area contributed by atoms with Crippen molar-refractivity contribution in [2.45, 2.75) is 6.92 Å². The van der Waals surface area contributed by atoms with E-state index in [-0.39, 0.29) is 5.69 Å². The molecule has 0 radical (unpaired) electrons. The third kappa shape index (κ3) is 1.80. The Kier molecular flexibility index (Phi) is 2.45. The van der Waals surface area contributed by atoms with Crippen LogP contribution < -0.4 is 0 Å². The molecule has 0 saturated heterocycles. The third-order valence-corrected chi connectivity index (χ3v) is 4.00. The topological polar surface area (TPSA) is 53.1 Å². The number of aromatic carboxylic acids is 1. The number of nitrogens with one attached hydrogen (secondary N) is 1. The zero-order valence-electron chi connectivity index (χ0n) is 9.73. The Balaban J connectivity index is 2.10. The molecule has 0 aliphatic rings. The minimum Gasteiger partial charge on any atom is -0.477 e. The molecule has 3 aromatic rings. The van der Waals surface area contributed by atoms with Crippen molar-refractivity contribution >= 4 is 27.4 Å². The highest BCUT2D eigenvalue weighted by molar-refractivity contribution is 7.22. The number of hydrogen-bond acceptors (Lipinski definition) is 2. The van der Waals surface area contributed by atoms with Gasteiger partial charge in [-0.25, -0.2) is 4.79 Å². The highest BCUT2D eigenvalue weighted by Gasteiger charge is 2.09. The van der Waals surface area contributed by atoms with Crippen molar-refractivity contribution in [3.8, 4) is 10.6 Å². The van der Waals surface area contributed by atoms with Gasteiger partial charge >= 0.3 is 5.97 Å². The summed E-state index contributed by atoms with van der Waals surface area (Å²) in [6.45, 7) is 2.06. The number of hydrogen-bond donors (Lipinski definition) is 2. The summed E-state index contributed by atoms with van der Waals surface area (Å²) in [6.07, 6.45) is 0. The monoisotopic (exact) mass is 257 g/mol. The zero-order valence-corrected chi connectivity index (χ0v) is 10.5. The second-order valence-corrected chi connectivity index (χ2v) is 5.33. The van der Waals surface area contributed by atoms with Gasteiger partial charge in [0.1, 0.15) is 5.69 Å². The molecule has 3 rings (SSSR count). The average molecular weight is 257 g/mol. The van der Waals surface area contributed by atoms with Crippen LogP contribution in [0.15, 0.2) is 36.4 Å². The summed E-state index contributed by atoms with van der Waals surface area (Å²) in [5.41, 5.74) is 2.30. The van der Waals surface area contributed by atoms with Crippen molar-refractivity contribution in [1.82, 2.24) is 4.98 Å². The van der Waals surface area contributed by atoms with Crippen LogP contribution in [0.1, 0.15) is 16.1 Å². The lowest BCUT2D eigenvalue weighted by Gasteiger charge is -1.90. The van der Waals surface area contributed by atoms with Gasteiger partial charge in [-0.3, -0.25) is 0 Å². The first-order valence-corrected chi connectivity index (χ1v) is 6.38. The lowest BCUT2D eigenvalue weighted by atomic mass is 10.2. The van der Waals surface area contributed by atoms with Crippen LogP contribution in [-0.4, -0.2) is 16.1 Å². The molecule has 18 heavy (non-hydrogen) atoms. The van der Waals surface area contributed by atoms with Crippen molar-refractivity contribution < 1.29 is 9.90 Å². The fourth-order valence-electron chi connectivity index (χ4n) is 1.96. The number of aromatic nitrogens is 1. The van der Waals surface area contributed by atoms with E-state index in [1.54, 1.807) is 23.5 Å². The number of carboxylic acid groups (broad SMARTS) is 1. The highest BCUT2D eigenvalue weighted by atomic mass is 32.1. The largest absolute Gasteiger partial charge is 0.477 e. The molecule has 1 aromatic carbocycles. The summed E-state index contributed by atoms with van der Waals surface area (Å²) in [4.78, 5) is 14.8. The van der Waals surface area contributed by atoms with E-state index < -0.39 is 5.97 Å². The maximum absolute atomic E-state index is 10.8. The molecule has 0 unspecified atom stereocenters. The molecule has 0 amide bonds.